The van der Waals surface area contributed by atoms with Crippen LogP contribution < -0.4 is 11.1 Å². The van der Waals surface area contributed by atoms with E-state index in [0.29, 0.717) is 12.3 Å². The molecule has 16 heteroatoms. The summed E-state index contributed by atoms with van der Waals surface area (Å²) in [4.78, 5) is 47.9. The van der Waals surface area contributed by atoms with Crippen LogP contribution in [0.15, 0.2) is 29.5 Å². The van der Waals surface area contributed by atoms with Crippen LogP contribution in [0.4, 0.5) is 0 Å². The first kappa shape index (κ1) is 39.0. The average Bonchev–Trinajstić information content (AvgIpc) is 2.99. The molecule has 14 nitrogen and oxygen atoms in total. The van der Waals surface area contributed by atoms with Gasteiger partial charge in [0.05, 0.1) is 25.5 Å². The van der Waals surface area contributed by atoms with E-state index in [2.05, 4.69) is 41.8 Å². The maximum Gasteiger partial charge on any atom is 0.326 e. The molecule has 3 heterocycles. The van der Waals surface area contributed by atoms with Crippen LogP contribution in [0.25, 0.3) is 0 Å². The third-order valence-electron chi connectivity index (χ3n) is 6.06. The first-order valence-electron chi connectivity index (χ1n) is 13.5. The van der Waals surface area contributed by atoms with Gasteiger partial charge in [0.2, 0.25) is 5.78 Å². The number of Topliss-reactive ketones (excluding diaryl/α,β-unsaturated/α-hetero) is 1. The Morgan fingerprint density at radius 1 is 1.30 bits per heavy atom. The van der Waals surface area contributed by atoms with Gasteiger partial charge in [-0.05, 0) is 26.3 Å². The molecule has 0 spiro atoms. The number of ether oxygens (including phenoxy) is 2. The van der Waals surface area contributed by atoms with Crippen molar-refractivity contribution in [3.05, 3.63) is 54.7 Å². The second-order valence-corrected chi connectivity index (χ2v) is 8.96. The third kappa shape index (κ3) is 10.4. The number of nitrogens with one attached hydrogen (secondary N) is 3. The van der Waals surface area contributed by atoms with Gasteiger partial charge < -0.3 is 61.9 Å². The first-order chi connectivity index (χ1) is 20.4. The van der Waals surface area contributed by atoms with Crippen LogP contribution in [-0.2, 0) is 31.7 Å². The van der Waals surface area contributed by atoms with Crippen molar-refractivity contribution in [2.24, 2.45) is 5.73 Å². The van der Waals surface area contributed by atoms with E-state index in [1.807, 2.05) is 6.08 Å². The number of amidine groups is 1. The van der Waals surface area contributed by atoms with Crippen LogP contribution in [0, 0.1) is 31.6 Å². The van der Waals surface area contributed by atoms with Gasteiger partial charge in [-0.2, -0.15) is 6.26 Å². The van der Waals surface area contributed by atoms with Gasteiger partial charge in [-0.15, -0.1) is 0 Å². The molecule has 0 bridgehead atoms. The Labute approximate surface area is 258 Å². The summed E-state index contributed by atoms with van der Waals surface area (Å²) in [7, 11) is 0. The summed E-state index contributed by atoms with van der Waals surface area (Å²) in [5.41, 5.74) is 6.31. The number of ketones is 1. The van der Waals surface area contributed by atoms with Crippen LogP contribution in [0.5, 0.6) is 5.75 Å². The molecule has 0 fully saturated rings. The Morgan fingerprint density at radius 3 is 2.45 bits per heavy atom. The quantitative estimate of drug-likeness (QED) is 0.127. The molecule has 240 valence electrons. The molecule has 0 radical (unpaired) electrons. The number of carbonyl (C=O) groups excluding carboxylic acids is 3. The molecule has 2 aliphatic rings. The zero-order valence-electron chi connectivity index (χ0n) is 25.8. The van der Waals surface area contributed by atoms with Gasteiger partial charge in [0.1, 0.15) is 24.3 Å². The van der Waals surface area contributed by atoms with Crippen LogP contribution in [0.3, 0.4) is 0 Å². The standard InChI is InChI=1S/C22H29N7O5.C5H9NO.CH4S.Rf/c1-6-14-18(20(32)16(23)21(24)29(14)10-15(30)34-7-2)28(12(3)4)9-8-25-22(33)17-19(31)13(5)26-11-27-17;6-5-1-3-7-4-2-5;1-2;/h11-12,23-24,31H,3-4,6-10H2,1-2,5H3,(H,25,33);1H,2-4,6H2;2H,1H3;/q-2;;;/p-1. The van der Waals surface area contributed by atoms with E-state index < -0.39 is 35.2 Å². The molecule has 0 saturated heterocycles. The minimum atomic E-state index is -0.699. The third-order valence-corrected chi connectivity index (χ3v) is 6.06. The molecule has 1 aromatic heterocycles. The smallest absolute Gasteiger partial charge is 0.326 e. The Kier molecular flexibility index (Phi) is 17.1. The normalized spacial score (nSPS) is 14.4. The van der Waals surface area contributed by atoms with Crippen molar-refractivity contribution in [1.29, 1.82) is 10.8 Å². The Hall–Kier alpha value is -4.98. The molecular weight excluding hydrogens is 843 g/mol. The van der Waals surface area contributed by atoms with Crippen molar-refractivity contribution in [3.63, 3.8) is 0 Å². The molecule has 0 saturated carbocycles. The van der Waals surface area contributed by atoms with Crippen molar-refractivity contribution in [2.75, 3.05) is 45.7 Å². The van der Waals surface area contributed by atoms with Gasteiger partial charge in [0, 0.05) is 30.9 Å². The van der Waals surface area contributed by atoms with Gasteiger partial charge in [-0.1, -0.05) is 6.92 Å². The monoisotopic (exact) mass is 884 g/mol. The average molecular weight is 885 g/mol. The summed E-state index contributed by atoms with van der Waals surface area (Å²) in [5.74, 6) is -2.66. The number of nitrogens with zero attached hydrogens (tertiary/aromatic N) is 4. The number of carbonyl (C=O) groups is 3. The largest absolute Gasteiger partial charge is 0.796 e. The van der Waals surface area contributed by atoms with Crippen LogP contribution in [-0.4, -0.2) is 106 Å². The van der Waals surface area contributed by atoms with Gasteiger partial charge in [0.25, 0.3) is 5.91 Å². The van der Waals surface area contributed by atoms with Crippen LogP contribution in [0.2, 0.25) is 0 Å². The number of aromatic nitrogens is 2. The number of aromatic hydroxyl groups is 1. The fraction of sp³-hybridized carbons (Fsp3) is 0.464. The van der Waals surface area contributed by atoms with Crippen LogP contribution >= 0.6 is 0 Å². The first-order valence-corrected chi connectivity index (χ1v) is 14.3. The van der Waals surface area contributed by atoms with Gasteiger partial charge in [-0.25, -0.2) is 16.0 Å². The van der Waals surface area contributed by atoms with Crippen molar-refractivity contribution < 1.29 is 29.0 Å². The van der Waals surface area contributed by atoms with E-state index in [4.69, 9.17) is 26.0 Å². The fourth-order valence-corrected chi connectivity index (χ4v) is 3.94. The van der Waals surface area contributed by atoms with Crippen LogP contribution in [0.1, 0.15) is 42.9 Å². The van der Waals surface area contributed by atoms with Gasteiger partial charge >= 0.3 is 5.97 Å². The number of allylic oxidation sites excluding steroid dienone is 2. The fourth-order valence-electron chi connectivity index (χ4n) is 3.94. The molecule has 1 aromatic rings. The van der Waals surface area contributed by atoms with Crippen molar-refractivity contribution in [1.82, 2.24) is 25.1 Å². The number of esters is 1. The summed E-state index contributed by atoms with van der Waals surface area (Å²) in [6.07, 6.45) is 5.83. The molecule has 1 amide bonds. The van der Waals surface area contributed by atoms with E-state index in [0.717, 1.165) is 25.1 Å². The molecule has 0 atom stereocenters. The van der Waals surface area contributed by atoms with E-state index in [1.54, 1.807) is 20.1 Å². The summed E-state index contributed by atoms with van der Waals surface area (Å²) >= 11 is 4.08. The Bertz CT molecular complexity index is 1240. The van der Waals surface area contributed by atoms with Crippen molar-refractivity contribution >= 4 is 41.8 Å². The maximum atomic E-state index is 13.0. The topological polar surface area (TPSA) is 208 Å². The summed E-state index contributed by atoms with van der Waals surface area (Å²) in [6, 6.07) is -0.698. The molecule has 0 unspecified atom stereocenters. The van der Waals surface area contributed by atoms with E-state index in [-0.39, 0.29) is 55.5 Å². The van der Waals surface area contributed by atoms with E-state index in [9.17, 15) is 19.5 Å². The number of hydrogen-bond donors (Lipinski definition) is 5. The number of amides is 1. The maximum absolute atomic E-state index is 13.0. The number of nitrogens with two attached hydrogens (primary N) is 1. The minimum absolute atomic E-state index is 0. The molecule has 2 aliphatic heterocycles. The predicted octanol–water partition coefficient (Wildman–Crippen LogP) is 1.04. The van der Waals surface area contributed by atoms with Gasteiger partial charge in [-0.3, -0.25) is 25.2 Å². The predicted molar refractivity (Wildman–Crippen MR) is 164 cm³/mol. The molecule has 6 N–H and O–H groups in total. The molecular formula is C28H41N8O6RfS-3. The molecule has 0 aliphatic carbocycles. The Morgan fingerprint density at radius 2 is 1.95 bits per heavy atom. The summed E-state index contributed by atoms with van der Waals surface area (Å²) in [6.45, 7) is 14.1. The zero-order valence-corrected chi connectivity index (χ0v) is 33.0. The molecule has 3 rings (SSSR count). The molecule has 0 aromatic carbocycles. The minimum Gasteiger partial charge on any atom is -0.796 e. The van der Waals surface area contributed by atoms with Crippen molar-refractivity contribution in [2.45, 2.75) is 39.7 Å². The zero-order chi connectivity index (χ0) is 32.7. The number of rotatable bonds is 10. The molecule has 44 heavy (non-hydrogen) atoms. The summed E-state index contributed by atoms with van der Waals surface area (Å²) in [5, 5.41) is 29.0. The SMILES string of the molecule is C[S-].NC1=CCOCC1.[CH2-]C([CH2-])N(CCNC(=O)c1ncnc(C)c1O)C1=C(CC)N(CC(=O)OCC)C(=N)C(=N)C1=O.[Rf]. The second kappa shape index (κ2) is 19.3. The number of aryl methyl sites for hydroxylation is 1. The number of hydrogen-bond acceptors (Lipinski definition) is 13. The Balaban J connectivity index is 0.00000160. The second-order valence-electron chi connectivity index (χ2n) is 8.96. The van der Waals surface area contributed by atoms with E-state index >= 15 is 0 Å². The van der Waals surface area contributed by atoms with Crippen molar-refractivity contribution in [3.8, 4) is 5.75 Å². The summed E-state index contributed by atoms with van der Waals surface area (Å²) < 4.78 is 9.95. The van der Waals surface area contributed by atoms with E-state index in [1.165, 1.54) is 16.7 Å². The van der Waals surface area contributed by atoms with Gasteiger partial charge in [0.15, 0.2) is 17.3 Å².